The molecule has 154 valence electrons. The number of ether oxygens (including phenoxy) is 3. The fourth-order valence-electron chi connectivity index (χ4n) is 2.66. The molecule has 0 bridgehead atoms. The van der Waals surface area contributed by atoms with Gasteiger partial charge in [-0.25, -0.2) is 18.0 Å². The third-order valence-corrected chi connectivity index (χ3v) is 5.42. The Morgan fingerprint density at radius 2 is 1.72 bits per heavy atom. The zero-order valence-corrected chi connectivity index (χ0v) is 16.3. The Labute approximate surface area is 167 Å². The number of esters is 1. The minimum atomic E-state index is -4.12. The largest absolute Gasteiger partial charge is 0.490 e. The summed E-state index contributed by atoms with van der Waals surface area (Å²) >= 11 is 0. The molecule has 0 unspecified atom stereocenters. The summed E-state index contributed by atoms with van der Waals surface area (Å²) in [6.45, 7) is 2.59. The van der Waals surface area contributed by atoms with Crippen LogP contribution in [0.25, 0.3) is 0 Å². The molecule has 29 heavy (non-hydrogen) atoms. The second-order valence-electron chi connectivity index (χ2n) is 6.05. The fraction of sp³-hybridized carbons (Fsp3) is 0.263. The zero-order valence-electron chi connectivity index (χ0n) is 15.5. The number of carboxylic acid groups (broad SMARTS) is 1. The van der Waals surface area contributed by atoms with Crippen molar-refractivity contribution in [2.24, 2.45) is 0 Å². The van der Waals surface area contributed by atoms with Crippen molar-refractivity contribution in [2.45, 2.75) is 18.2 Å². The van der Waals surface area contributed by atoms with Gasteiger partial charge in [0.1, 0.15) is 0 Å². The highest BCUT2D eigenvalue weighted by atomic mass is 32.2. The summed E-state index contributed by atoms with van der Waals surface area (Å²) in [4.78, 5) is 23.2. The normalized spacial score (nSPS) is 13.3. The minimum Gasteiger partial charge on any atom is -0.490 e. The Morgan fingerprint density at radius 3 is 2.31 bits per heavy atom. The molecular formula is C19H19NO8S. The topological polar surface area (TPSA) is 128 Å². The molecule has 0 aliphatic carbocycles. The number of anilines is 1. The van der Waals surface area contributed by atoms with Crippen LogP contribution in [0.5, 0.6) is 11.5 Å². The Bertz CT molecular complexity index is 1030. The Kier molecular flexibility index (Phi) is 5.92. The lowest BCUT2D eigenvalue weighted by Gasteiger charge is -2.14. The molecule has 2 aromatic carbocycles. The molecule has 0 radical (unpaired) electrons. The molecule has 0 saturated heterocycles. The lowest BCUT2D eigenvalue weighted by Crippen LogP contribution is -2.16. The summed E-state index contributed by atoms with van der Waals surface area (Å²) in [5.41, 5.74) is -0.232. The SMILES string of the molecule is CCOC(=O)c1ccc(S(=O)(=O)Nc2cc3c(cc2C(=O)O)OCCCO3)cc1. The number of nitrogens with one attached hydrogen (secondary N) is 1. The van der Waals surface area contributed by atoms with Crippen LogP contribution in [-0.4, -0.2) is 45.3 Å². The molecule has 0 saturated carbocycles. The molecule has 1 heterocycles. The summed E-state index contributed by atoms with van der Waals surface area (Å²) in [7, 11) is -4.12. The molecule has 0 fully saturated rings. The summed E-state index contributed by atoms with van der Waals surface area (Å²) in [6, 6.07) is 7.62. The summed E-state index contributed by atoms with van der Waals surface area (Å²) in [6.07, 6.45) is 0.616. The number of fused-ring (bicyclic) bond motifs is 1. The van der Waals surface area contributed by atoms with Crippen LogP contribution in [0.15, 0.2) is 41.3 Å². The number of hydrogen-bond acceptors (Lipinski definition) is 7. The van der Waals surface area contributed by atoms with E-state index in [1.54, 1.807) is 6.92 Å². The Balaban J connectivity index is 1.92. The number of carbonyl (C=O) groups is 2. The number of hydrogen-bond donors (Lipinski definition) is 2. The minimum absolute atomic E-state index is 0.144. The van der Waals surface area contributed by atoms with Crippen LogP contribution in [0.3, 0.4) is 0 Å². The first kappa shape index (κ1) is 20.5. The average Bonchev–Trinajstić information content (AvgIpc) is 2.92. The number of carboxylic acids is 1. The van der Waals surface area contributed by atoms with Crippen molar-refractivity contribution in [1.82, 2.24) is 0 Å². The molecule has 1 aliphatic rings. The number of rotatable bonds is 6. The van der Waals surface area contributed by atoms with Gasteiger partial charge in [-0.05, 0) is 31.2 Å². The average molecular weight is 421 g/mol. The van der Waals surface area contributed by atoms with Gasteiger partial charge in [-0.3, -0.25) is 4.72 Å². The van der Waals surface area contributed by atoms with Gasteiger partial charge in [0.05, 0.1) is 41.5 Å². The van der Waals surface area contributed by atoms with Crippen LogP contribution in [-0.2, 0) is 14.8 Å². The van der Waals surface area contributed by atoms with Gasteiger partial charge >= 0.3 is 11.9 Å². The quantitative estimate of drug-likeness (QED) is 0.681. The molecule has 0 spiro atoms. The van der Waals surface area contributed by atoms with E-state index < -0.39 is 22.0 Å². The van der Waals surface area contributed by atoms with Crippen LogP contribution in [0.2, 0.25) is 0 Å². The van der Waals surface area contributed by atoms with Crippen LogP contribution in [0, 0.1) is 0 Å². The summed E-state index contributed by atoms with van der Waals surface area (Å²) in [5.74, 6) is -1.40. The smallest absolute Gasteiger partial charge is 0.338 e. The van der Waals surface area contributed by atoms with Crippen molar-refractivity contribution in [1.29, 1.82) is 0 Å². The van der Waals surface area contributed by atoms with E-state index in [-0.39, 0.29) is 39.8 Å². The maximum atomic E-state index is 12.7. The van der Waals surface area contributed by atoms with Gasteiger partial charge in [-0.15, -0.1) is 0 Å². The molecule has 0 aromatic heterocycles. The van der Waals surface area contributed by atoms with E-state index in [1.807, 2.05) is 0 Å². The monoisotopic (exact) mass is 421 g/mol. The van der Waals surface area contributed by atoms with Gasteiger partial charge < -0.3 is 19.3 Å². The van der Waals surface area contributed by atoms with Gasteiger partial charge in [-0.1, -0.05) is 0 Å². The van der Waals surface area contributed by atoms with E-state index in [9.17, 15) is 23.1 Å². The van der Waals surface area contributed by atoms with Crippen molar-refractivity contribution in [3.05, 3.63) is 47.5 Å². The first-order valence-corrected chi connectivity index (χ1v) is 10.3. The van der Waals surface area contributed by atoms with E-state index in [0.29, 0.717) is 19.6 Å². The molecule has 3 rings (SSSR count). The highest BCUT2D eigenvalue weighted by Gasteiger charge is 2.23. The molecule has 0 amide bonds. The molecule has 1 aliphatic heterocycles. The van der Waals surface area contributed by atoms with Gasteiger partial charge in [0.25, 0.3) is 10.0 Å². The second kappa shape index (κ2) is 8.39. The Hall–Kier alpha value is -3.27. The second-order valence-corrected chi connectivity index (χ2v) is 7.73. The first-order chi connectivity index (χ1) is 13.8. The van der Waals surface area contributed by atoms with Gasteiger partial charge in [-0.2, -0.15) is 0 Å². The van der Waals surface area contributed by atoms with Crippen molar-refractivity contribution >= 4 is 27.6 Å². The van der Waals surface area contributed by atoms with Crippen LogP contribution in [0.4, 0.5) is 5.69 Å². The number of carbonyl (C=O) groups excluding carboxylic acids is 1. The molecule has 9 nitrogen and oxygen atoms in total. The predicted octanol–water partition coefficient (Wildman–Crippen LogP) is 2.52. The number of aromatic carboxylic acids is 1. The first-order valence-electron chi connectivity index (χ1n) is 8.79. The van der Waals surface area contributed by atoms with E-state index in [2.05, 4.69) is 4.72 Å². The van der Waals surface area contributed by atoms with E-state index in [1.165, 1.54) is 36.4 Å². The van der Waals surface area contributed by atoms with Crippen LogP contribution in [0.1, 0.15) is 34.1 Å². The van der Waals surface area contributed by atoms with Crippen molar-refractivity contribution in [3.63, 3.8) is 0 Å². The van der Waals surface area contributed by atoms with Crippen LogP contribution < -0.4 is 14.2 Å². The lowest BCUT2D eigenvalue weighted by atomic mass is 10.1. The van der Waals surface area contributed by atoms with E-state index in [0.717, 1.165) is 0 Å². The van der Waals surface area contributed by atoms with Crippen molar-refractivity contribution < 1.29 is 37.3 Å². The van der Waals surface area contributed by atoms with Gasteiger partial charge in [0.2, 0.25) is 0 Å². The molecule has 0 atom stereocenters. The Morgan fingerprint density at radius 1 is 1.10 bits per heavy atom. The van der Waals surface area contributed by atoms with E-state index >= 15 is 0 Å². The van der Waals surface area contributed by atoms with Crippen LogP contribution >= 0.6 is 0 Å². The zero-order chi connectivity index (χ0) is 21.0. The fourth-order valence-corrected chi connectivity index (χ4v) is 3.73. The third kappa shape index (κ3) is 4.60. The summed E-state index contributed by atoms with van der Waals surface area (Å²) in [5, 5.41) is 9.47. The number of benzene rings is 2. The standard InChI is InChI=1S/C19H19NO8S/c1-2-26-19(23)12-4-6-13(7-5-12)29(24,25)20-15-11-17-16(10-14(15)18(21)22)27-8-3-9-28-17/h4-7,10-11,20H,2-3,8-9H2,1H3,(H,21,22). The van der Waals surface area contributed by atoms with Gasteiger partial charge in [0, 0.05) is 18.6 Å². The molecular weight excluding hydrogens is 402 g/mol. The molecule has 2 aromatic rings. The summed E-state index contributed by atoms with van der Waals surface area (Å²) < 4.78 is 43.5. The van der Waals surface area contributed by atoms with E-state index in [4.69, 9.17) is 14.2 Å². The highest BCUT2D eigenvalue weighted by Crippen LogP contribution is 2.36. The number of sulfonamides is 1. The maximum Gasteiger partial charge on any atom is 0.338 e. The van der Waals surface area contributed by atoms with Gasteiger partial charge in [0.15, 0.2) is 11.5 Å². The van der Waals surface area contributed by atoms with Crippen molar-refractivity contribution in [3.8, 4) is 11.5 Å². The molecule has 2 N–H and O–H groups in total. The van der Waals surface area contributed by atoms with Crippen molar-refractivity contribution in [2.75, 3.05) is 24.5 Å². The highest BCUT2D eigenvalue weighted by molar-refractivity contribution is 7.92. The predicted molar refractivity (Wildman–Crippen MR) is 102 cm³/mol. The maximum absolute atomic E-state index is 12.7. The lowest BCUT2D eigenvalue weighted by molar-refractivity contribution is 0.0525. The molecule has 10 heteroatoms. The third-order valence-electron chi connectivity index (χ3n) is 4.04.